The van der Waals surface area contributed by atoms with E-state index in [9.17, 15) is 0 Å². The van der Waals surface area contributed by atoms with Crippen molar-refractivity contribution in [2.45, 2.75) is 25.0 Å². The Balaban J connectivity index is 3.17. The zero-order valence-electron chi connectivity index (χ0n) is 5.77. The largest absolute Gasteiger partial charge is 0.394 e. The minimum Gasteiger partial charge on any atom is -0.394 e. The van der Waals surface area contributed by atoms with Crippen molar-refractivity contribution in [1.29, 1.82) is 0 Å². The molecule has 0 aliphatic carbocycles. The van der Waals surface area contributed by atoms with Crippen LogP contribution in [0.4, 0.5) is 0 Å². The Labute approximate surface area is 59.7 Å². The normalized spacial score (nSPS) is 16.8. The van der Waals surface area contributed by atoms with Gasteiger partial charge < -0.3 is 20.4 Å². The average Bonchev–Trinajstić information content (AvgIpc) is 1.99. The second kappa shape index (κ2) is 5.61. The minimum absolute atomic E-state index is 0.294. The van der Waals surface area contributed by atoms with E-state index in [-0.39, 0.29) is 13.2 Å². The Morgan fingerprint density at radius 1 is 0.800 bits per heavy atom. The molecular formula is C6H14O4. The number of hydrogen-bond donors (Lipinski definition) is 4. The van der Waals surface area contributed by atoms with Gasteiger partial charge in [-0.1, -0.05) is 0 Å². The van der Waals surface area contributed by atoms with Gasteiger partial charge in [-0.15, -0.1) is 0 Å². The molecule has 0 saturated heterocycles. The summed E-state index contributed by atoms with van der Waals surface area (Å²) in [6.07, 6.45) is -0.918. The lowest BCUT2D eigenvalue weighted by Crippen LogP contribution is -2.18. The molecule has 0 rings (SSSR count). The Morgan fingerprint density at radius 2 is 1.10 bits per heavy atom. The molecule has 4 nitrogen and oxygen atoms in total. The lowest BCUT2D eigenvalue weighted by molar-refractivity contribution is 0.0487. The summed E-state index contributed by atoms with van der Waals surface area (Å²) < 4.78 is 0. The molecular weight excluding hydrogens is 136 g/mol. The summed E-state index contributed by atoms with van der Waals surface area (Å²) in [6, 6.07) is 0. The molecule has 4 heteroatoms. The minimum atomic E-state index is -0.777. The summed E-state index contributed by atoms with van der Waals surface area (Å²) in [4.78, 5) is 0. The first kappa shape index (κ1) is 9.84. The maximum Gasteiger partial charge on any atom is 0.0771 e. The van der Waals surface area contributed by atoms with E-state index in [2.05, 4.69) is 0 Å². The smallest absolute Gasteiger partial charge is 0.0771 e. The van der Waals surface area contributed by atoms with E-state index in [1.165, 1.54) is 0 Å². The number of aliphatic hydroxyl groups excluding tert-OH is 4. The second-order valence-corrected chi connectivity index (χ2v) is 2.25. The van der Waals surface area contributed by atoms with Crippen LogP contribution in [0.2, 0.25) is 0 Å². The van der Waals surface area contributed by atoms with Crippen molar-refractivity contribution in [2.75, 3.05) is 13.2 Å². The van der Waals surface area contributed by atoms with Gasteiger partial charge in [0.05, 0.1) is 25.4 Å². The van der Waals surface area contributed by atoms with Crippen LogP contribution in [0.15, 0.2) is 0 Å². The summed E-state index contributed by atoms with van der Waals surface area (Å²) in [5, 5.41) is 34.2. The molecule has 0 unspecified atom stereocenters. The van der Waals surface area contributed by atoms with Gasteiger partial charge in [0.2, 0.25) is 0 Å². The number of rotatable bonds is 5. The molecule has 0 fully saturated rings. The highest BCUT2D eigenvalue weighted by molar-refractivity contribution is 4.58. The number of hydrogen-bond acceptors (Lipinski definition) is 4. The summed E-state index contributed by atoms with van der Waals surface area (Å²) in [7, 11) is 0. The third-order valence-corrected chi connectivity index (χ3v) is 1.25. The fourth-order valence-corrected chi connectivity index (χ4v) is 0.567. The molecule has 0 aromatic rings. The third kappa shape index (κ3) is 4.69. The fourth-order valence-electron chi connectivity index (χ4n) is 0.567. The van der Waals surface area contributed by atoms with Crippen molar-refractivity contribution in [1.82, 2.24) is 0 Å². The fraction of sp³-hybridized carbons (Fsp3) is 1.00. The first-order valence-corrected chi connectivity index (χ1v) is 3.28. The van der Waals surface area contributed by atoms with E-state index >= 15 is 0 Å². The van der Waals surface area contributed by atoms with Crippen LogP contribution < -0.4 is 0 Å². The molecule has 10 heavy (non-hydrogen) atoms. The predicted molar refractivity (Wildman–Crippen MR) is 35.4 cm³/mol. The molecule has 2 atom stereocenters. The van der Waals surface area contributed by atoms with E-state index < -0.39 is 12.2 Å². The summed E-state index contributed by atoms with van der Waals surface area (Å²) >= 11 is 0. The van der Waals surface area contributed by atoms with Crippen LogP contribution in [-0.2, 0) is 0 Å². The Bertz CT molecular complexity index is 66.1. The van der Waals surface area contributed by atoms with E-state index in [4.69, 9.17) is 20.4 Å². The van der Waals surface area contributed by atoms with E-state index in [0.29, 0.717) is 12.8 Å². The lowest BCUT2D eigenvalue weighted by atomic mass is 10.1. The quantitative estimate of drug-likeness (QED) is 0.383. The van der Waals surface area contributed by atoms with Gasteiger partial charge in [0.15, 0.2) is 0 Å². The van der Waals surface area contributed by atoms with Gasteiger partial charge in [-0.25, -0.2) is 0 Å². The molecule has 4 N–H and O–H groups in total. The lowest BCUT2D eigenvalue weighted by Gasteiger charge is -2.09. The van der Waals surface area contributed by atoms with Crippen molar-refractivity contribution >= 4 is 0 Å². The maximum atomic E-state index is 8.76. The summed E-state index contributed by atoms with van der Waals surface area (Å²) in [5.41, 5.74) is 0. The SMILES string of the molecule is OC[C@@H](O)CC[C@@H](O)CO. The van der Waals surface area contributed by atoms with Gasteiger partial charge in [0.1, 0.15) is 0 Å². The van der Waals surface area contributed by atoms with Crippen molar-refractivity contribution in [3.63, 3.8) is 0 Å². The molecule has 0 bridgehead atoms. The Kier molecular flexibility index (Phi) is 5.52. The van der Waals surface area contributed by atoms with Crippen LogP contribution in [0.3, 0.4) is 0 Å². The highest BCUT2D eigenvalue weighted by Gasteiger charge is 2.06. The highest BCUT2D eigenvalue weighted by atomic mass is 16.3. The second-order valence-electron chi connectivity index (χ2n) is 2.25. The average molecular weight is 150 g/mol. The maximum absolute atomic E-state index is 8.76. The molecule has 0 aliphatic heterocycles. The van der Waals surface area contributed by atoms with Crippen LogP contribution >= 0.6 is 0 Å². The molecule has 0 spiro atoms. The molecule has 0 amide bonds. The zero-order valence-corrected chi connectivity index (χ0v) is 5.77. The monoisotopic (exact) mass is 150 g/mol. The molecule has 0 aromatic carbocycles. The summed E-state index contributed by atoms with van der Waals surface area (Å²) in [5.74, 6) is 0. The topological polar surface area (TPSA) is 80.9 Å². The van der Waals surface area contributed by atoms with Crippen molar-refractivity contribution in [3.8, 4) is 0 Å². The van der Waals surface area contributed by atoms with Crippen LogP contribution in [0.5, 0.6) is 0 Å². The van der Waals surface area contributed by atoms with Gasteiger partial charge in [-0.3, -0.25) is 0 Å². The molecule has 62 valence electrons. The van der Waals surface area contributed by atoms with Crippen molar-refractivity contribution in [2.24, 2.45) is 0 Å². The van der Waals surface area contributed by atoms with E-state index in [1.807, 2.05) is 0 Å². The Hall–Kier alpha value is -0.160. The molecule has 0 radical (unpaired) electrons. The first-order chi connectivity index (χ1) is 4.70. The van der Waals surface area contributed by atoms with E-state index in [1.54, 1.807) is 0 Å². The van der Waals surface area contributed by atoms with Gasteiger partial charge >= 0.3 is 0 Å². The first-order valence-electron chi connectivity index (χ1n) is 3.28. The zero-order chi connectivity index (χ0) is 7.98. The standard InChI is InChI=1S/C6H14O4/c7-3-5(9)1-2-6(10)4-8/h5-10H,1-4H2/t5-,6+. The van der Waals surface area contributed by atoms with Crippen LogP contribution in [0.1, 0.15) is 12.8 Å². The molecule has 0 aromatic heterocycles. The van der Waals surface area contributed by atoms with Gasteiger partial charge in [0, 0.05) is 0 Å². The van der Waals surface area contributed by atoms with Gasteiger partial charge in [-0.2, -0.15) is 0 Å². The van der Waals surface area contributed by atoms with Crippen LogP contribution in [0, 0.1) is 0 Å². The molecule has 0 saturated carbocycles. The predicted octanol–water partition coefficient (Wildman–Crippen LogP) is -1.53. The van der Waals surface area contributed by atoms with Gasteiger partial charge in [0.25, 0.3) is 0 Å². The number of aliphatic hydroxyl groups is 4. The summed E-state index contributed by atoms with van der Waals surface area (Å²) in [6.45, 7) is -0.587. The Morgan fingerprint density at radius 3 is 1.30 bits per heavy atom. The molecule has 0 aliphatic rings. The van der Waals surface area contributed by atoms with Crippen LogP contribution in [-0.4, -0.2) is 45.8 Å². The molecule has 0 heterocycles. The third-order valence-electron chi connectivity index (χ3n) is 1.25. The van der Waals surface area contributed by atoms with E-state index in [0.717, 1.165) is 0 Å². The van der Waals surface area contributed by atoms with Crippen molar-refractivity contribution < 1.29 is 20.4 Å². The highest BCUT2D eigenvalue weighted by Crippen LogP contribution is 1.99. The van der Waals surface area contributed by atoms with Crippen LogP contribution in [0.25, 0.3) is 0 Å². The van der Waals surface area contributed by atoms with Crippen molar-refractivity contribution in [3.05, 3.63) is 0 Å². The van der Waals surface area contributed by atoms with Gasteiger partial charge in [-0.05, 0) is 12.8 Å².